The summed E-state index contributed by atoms with van der Waals surface area (Å²) < 4.78 is 126. The lowest BCUT2D eigenvalue weighted by Gasteiger charge is -2.24. The van der Waals surface area contributed by atoms with Crippen LogP contribution in [0.2, 0.25) is 0 Å². The standard InChI is InChI=1S/C16H16F6N4O6S2/c1-25(11-3-5-13(23-9-11)31-33(27,28)15(17,18)19)7-8-26(2)12-4-6-14(24-10-12)32-34(29,30)16(20,21)22/h3-6,9-10H,7-8H2,1-2H3. The first-order valence-electron chi connectivity index (χ1n) is 8.79. The molecule has 34 heavy (non-hydrogen) atoms. The summed E-state index contributed by atoms with van der Waals surface area (Å²) in [4.78, 5) is 10.3. The number of rotatable bonds is 9. The van der Waals surface area contributed by atoms with E-state index in [-0.39, 0.29) is 0 Å². The van der Waals surface area contributed by atoms with Crippen LogP contribution in [0, 0.1) is 0 Å². The maximum absolute atomic E-state index is 12.3. The monoisotopic (exact) mass is 538 g/mol. The first-order chi connectivity index (χ1) is 15.4. The second-order valence-electron chi connectivity index (χ2n) is 6.52. The summed E-state index contributed by atoms with van der Waals surface area (Å²) in [5.74, 6) is -1.54. The van der Waals surface area contributed by atoms with Gasteiger partial charge in [-0.2, -0.15) is 43.2 Å². The zero-order valence-electron chi connectivity index (χ0n) is 17.2. The van der Waals surface area contributed by atoms with Crippen LogP contribution in [0.3, 0.4) is 0 Å². The smallest absolute Gasteiger partial charge is 0.372 e. The van der Waals surface area contributed by atoms with Gasteiger partial charge in [-0.05, 0) is 12.1 Å². The minimum Gasteiger partial charge on any atom is -0.372 e. The minimum absolute atomic E-state index is 0.305. The van der Waals surface area contributed by atoms with Crippen molar-refractivity contribution in [2.24, 2.45) is 0 Å². The van der Waals surface area contributed by atoms with Crippen LogP contribution in [0.25, 0.3) is 0 Å². The molecule has 18 heteroatoms. The summed E-state index contributed by atoms with van der Waals surface area (Å²) in [7, 11) is -8.47. The van der Waals surface area contributed by atoms with E-state index >= 15 is 0 Å². The fraction of sp³-hybridized carbons (Fsp3) is 0.375. The SMILES string of the molecule is CN(CCN(C)c1ccc(OS(=O)(=O)C(F)(F)F)nc1)c1ccc(OS(=O)(=O)C(F)(F)F)nc1. The number of pyridine rings is 2. The van der Waals surface area contributed by atoms with Crippen molar-refractivity contribution in [3.63, 3.8) is 0 Å². The summed E-state index contributed by atoms with van der Waals surface area (Å²) in [6, 6.07) is 4.44. The van der Waals surface area contributed by atoms with E-state index in [9.17, 15) is 43.2 Å². The molecule has 0 fully saturated rings. The van der Waals surface area contributed by atoms with E-state index in [0.717, 1.165) is 24.5 Å². The van der Waals surface area contributed by atoms with Gasteiger partial charge >= 0.3 is 31.3 Å². The molecule has 0 atom stereocenters. The van der Waals surface area contributed by atoms with Gasteiger partial charge in [0.2, 0.25) is 11.8 Å². The molecule has 0 bridgehead atoms. The average Bonchev–Trinajstić information content (AvgIpc) is 2.70. The molecule has 2 aromatic rings. The van der Waals surface area contributed by atoms with Gasteiger partial charge in [-0.1, -0.05) is 0 Å². The third-order valence-electron chi connectivity index (χ3n) is 4.05. The molecule has 10 nitrogen and oxygen atoms in total. The molecule has 0 amide bonds. The average molecular weight is 538 g/mol. The summed E-state index contributed by atoms with van der Waals surface area (Å²) in [6.45, 7) is 0.611. The van der Waals surface area contributed by atoms with E-state index in [1.54, 1.807) is 23.9 Å². The molecule has 0 N–H and O–H groups in total. The van der Waals surface area contributed by atoms with Gasteiger partial charge in [0, 0.05) is 39.3 Å². The van der Waals surface area contributed by atoms with Crippen molar-refractivity contribution in [1.82, 2.24) is 9.97 Å². The van der Waals surface area contributed by atoms with Crippen molar-refractivity contribution < 1.29 is 51.5 Å². The van der Waals surface area contributed by atoms with E-state index in [1.165, 1.54) is 12.1 Å². The van der Waals surface area contributed by atoms with Crippen molar-refractivity contribution >= 4 is 31.6 Å². The molecule has 0 saturated carbocycles. The van der Waals surface area contributed by atoms with Gasteiger partial charge in [0.1, 0.15) is 0 Å². The molecule has 0 aliphatic carbocycles. The third kappa shape index (κ3) is 6.75. The van der Waals surface area contributed by atoms with Crippen LogP contribution in [-0.2, 0) is 20.2 Å². The largest absolute Gasteiger partial charge is 0.534 e. The Hall–Kier alpha value is -3.02. The summed E-state index contributed by atoms with van der Waals surface area (Å²) in [6.07, 6.45) is 2.19. The lowest BCUT2D eigenvalue weighted by Crippen LogP contribution is -2.31. The Morgan fingerprint density at radius 2 is 1.03 bits per heavy atom. The summed E-state index contributed by atoms with van der Waals surface area (Å²) in [5.41, 5.74) is -10.4. The number of anilines is 2. The van der Waals surface area contributed by atoms with Gasteiger partial charge < -0.3 is 18.2 Å². The molecule has 0 saturated heterocycles. The highest BCUT2D eigenvalue weighted by Gasteiger charge is 2.49. The third-order valence-corrected chi connectivity index (χ3v) is 5.97. The van der Waals surface area contributed by atoms with Gasteiger partial charge in [0.25, 0.3) is 0 Å². The van der Waals surface area contributed by atoms with Crippen molar-refractivity contribution in [3.8, 4) is 11.8 Å². The van der Waals surface area contributed by atoms with Crippen LogP contribution in [0.15, 0.2) is 36.7 Å². The van der Waals surface area contributed by atoms with Crippen LogP contribution >= 0.6 is 0 Å². The van der Waals surface area contributed by atoms with Crippen molar-refractivity contribution in [2.75, 3.05) is 37.0 Å². The van der Waals surface area contributed by atoms with Crippen LogP contribution in [0.5, 0.6) is 11.8 Å². The van der Waals surface area contributed by atoms with Crippen LogP contribution in [-0.4, -0.2) is 65.0 Å². The van der Waals surface area contributed by atoms with E-state index in [0.29, 0.717) is 24.5 Å². The van der Waals surface area contributed by atoms with E-state index < -0.39 is 43.0 Å². The van der Waals surface area contributed by atoms with Gasteiger partial charge in [-0.15, -0.1) is 0 Å². The van der Waals surface area contributed by atoms with E-state index in [1.807, 2.05) is 0 Å². The maximum atomic E-state index is 12.3. The highest BCUT2D eigenvalue weighted by molar-refractivity contribution is 7.88. The predicted octanol–water partition coefficient (Wildman–Crippen LogP) is 2.51. The number of hydrogen-bond acceptors (Lipinski definition) is 10. The first-order valence-corrected chi connectivity index (χ1v) is 11.6. The number of hydrogen-bond donors (Lipinski definition) is 0. The quantitative estimate of drug-likeness (QED) is 0.268. The Morgan fingerprint density at radius 1 is 0.706 bits per heavy atom. The Labute approximate surface area is 190 Å². The second kappa shape index (κ2) is 9.69. The van der Waals surface area contributed by atoms with Crippen molar-refractivity contribution in [3.05, 3.63) is 36.7 Å². The molecule has 0 aliphatic rings. The first kappa shape index (κ1) is 27.2. The summed E-state index contributed by atoms with van der Waals surface area (Å²) in [5, 5.41) is 0. The molecule has 0 spiro atoms. The molecule has 190 valence electrons. The lowest BCUT2D eigenvalue weighted by molar-refractivity contribution is -0.0506. The Kier molecular flexibility index (Phi) is 7.76. The number of halogens is 6. The van der Waals surface area contributed by atoms with Gasteiger partial charge in [0.05, 0.1) is 23.8 Å². The molecular weight excluding hydrogens is 522 g/mol. The predicted molar refractivity (Wildman–Crippen MR) is 106 cm³/mol. The molecule has 2 aromatic heterocycles. The minimum atomic E-state index is -5.84. The van der Waals surface area contributed by atoms with Crippen molar-refractivity contribution in [1.29, 1.82) is 0 Å². The Balaban J connectivity index is 1.95. The summed E-state index contributed by atoms with van der Waals surface area (Å²) >= 11 is 0. The highest BCUT2D eigenvalue weighted by Crippen LogP contribution is 2.28. The molecule has 2 heterocycles. The zero-order valence-corrected chi connectivity index (χ0v) is 18.8. The molecule has 0 radical (unpaired) electrons. The van der Waals surface area contributed by atoms with Gasteiger partial charge in [-0.3, -0.25) is 0 Å². The molecule has 2 rings (SSSR count). The normalized spacial score (nSPS) is 12.8. The van der Waals surface area contributed by atoms with E-state index in [2.05, 4.69) is 18.3 Å². The van der Waals surface area contributed by atoms with E-state index in [4.69, 9.17) is 0 Å². The lowest BCUT2D eigenvalue weighted by atomic mass is 10.3. The number of likely N-dealkylation sites (N-methyl/N-ethyl adjacent to an activating group) is 2. The van der Waals surface area contributed by atoms with Gasteiger partial charge in [0.15, 0.2) is 0 Å². The highest BCUT2D eigenvalue weighted by atomic mass is 32.2. The second-order valence-corrected chi connectivity index (χ2v) is 9.59. The van der Waals surface area contributed by atoms with Crippen molar-refractivity contribution in [2.45, 2.75) is 11.0 Å². The maximum Gasteiger partial charge on any atom is 0.534 e. The zero-order chi connectivity index (χ0) is 25.9. The number of nitrogens with zero attached hydrogens (tertiary/aromatic N) is 4. The van der Waals surface area contributed by atoms with Crippen LogP contribution < -0.4 is 18.2 Å². The number of alkyl halides is 6. The number of aromatic nitrogens is 2. The Bertz CT molecular complexity index is 1090. The topological polar surface area (TPSA) is 119 Å². The molecule has 0 aliphatic heterocycles. The van der Waals surface area contributed by atoms with Gasteiger partial charge in [-0.25, -0.2) is 9.97 Å². The Morgan fingerprint density at radius 3 is 1.26 bits per heavy atom. The fourth-order valence-corrected chi connectivity index (χ4v) is 3.01. The van der Waals surface area contributed by atoms with Crippen LogP contribution in [0.1, 0.15) is 0 Å². The molecular formula is C16H16F6N4O6S2. The molecule has 0 aromatic carbocycles. The molecule has 0 unspecified atom stereocenters. The fourth-order valence-electron chi connectivity index (χ4n) is 2.17. The van der Waals surface area contributed by atoms with Crippen LogP contribution in [0.4, 0.5) is 37.7 Å².